The van der Waals surface area contributed by atoms with Crippen LogP contribution in [0.4, 0.5) is 0 Å². The maximum absolute atomic E-state index is 12.3. The van der Waals surface area contributed by atoms with Gasteiger partial charge in [0.25, 0.3) is 0 Å². The second-order valence-corrected chi connectivity index (χ2v) is 7.53. The van der Waals surface area contributed by atoms with E-state index in [2.05, 4.69) is 0 Å². The predicted octanol–water partition coefficient (Wildman–Crippen LogP) is 1.75. The average molecular weight is 311 g/mol. The van der Waals surface area contributed by atoms with Crippen LogP contribution < -0.4 is 0 Å². The molecule has 0 radical (unpaired) electrons. The van der Waals surface area contributed by atoms with Gasteiger partial charge in [0.05, 0.1) is 11.7 Å². The number of aryl methyl sites for hydroxylation is 1. The van der Waals surface area contributed by atoms with Gasteiger partial charge in [-0.2, -0.15) is 0 Å². The minimum absolute atomic E-state index is 0.0776. The highest BCUT2D eigenvalue weighted by atomic mass is 32.2. The van der Waals surface area contributed by atoms with E-state index in [1.807, 2.05) is 30.3 Å². The van der Waals surface area contributed by atoms with E-state index in [1.165, 1.54) is 4.31 Å². The van der Waals surface area contributed by atoms with Gasteiger partial charge in [0, 0.05) is 13.1 Å². The quantitative estimate of drug-likeness (QED) is 0.868. The molecule has 1 saturated heterocycles. The first kappa shape index (κ1) is 16.0. The maximum atomic E-state index is 12.3. The lowest BCUT2D eigenvalue weighted by molar-refractivity contribution is -0.142. The van der Waals surface area contributed by atoms with Crippen molar-refractivity contribution in [3.63, 3.8) is 0 Å². The maximum Gasteiger partial charge on any atom is 0.307 e. The van der Waals surface area contributed by atoms with E-state index in [0.717, 1.165) is 12.0 Å². The van der Waals surface area contributed by atoms with Gasteiger partial charge in [0.2, 0.25) is 10.0 Å². The summed E-state index contributed by atoms with van der Waals surface area (Å²) < 4.78 is 25.9. The number of benzene rings is 1. The van der Waals surface area contributed by atoms with E-state index < -0.39 is 21.9 Å². The zero-order valence-corrected chi connectivity index (χ0v) is 12.8. The van der Waals surface area contributed by atoms with Crippen LogP contribution in [0.25, 0.3) is 0 Å². The third kappa shape index (κ3) is 4.54. The number of sulfonamides is 1. The van der Waals surface area contributed by atoms with Gasteiger partial charge in [-0.1, -0.05) is 30.3 Å². The Morgan fingerprint density at radius 3 is 2.67 bits per heavy atom. The fraction of sp³-hybridized carbons (Fsp3) is 0.533. The first-order valence-electron chi connectivity index (χ1n) is 7.23. The van der Waals surface area contributed by atoms with E-state index in [1.54, 1.807) is 0 Å². The second-order valence-electron chi connectivity index (χ2n) is 5.44. The van der Waals surface area contributed by atoms with E-state index in [0.29, 0.717) is 25.8 Å². The van der Waals surface area contributed by atoms with Crippen LogP contribution in [0.5, 0.6) is 0 Å². The molecule has 1 aliphatic rings. The lowest BCUT2D eigenvalue weighted by Crippen LogP contribution is -2.43. The number of carboxylic acid groups (broad SMARTS) is 1. The van der Waals surface area contributed by atoms with Crippen molar-refractivity contribution >= 4 is 16.0 Å². The highest BCUT2D eigenvalue weighted by molar-refractivity contribution is 7.89. The molecule has 0 aliphatic carbocycles. The number of carbonyl (C=O) groups is 1. The molecule has 0 amide bonds. The molecule has 1 N–H and O–H groups in total. The molecule has 0 spiro atoms. The number of aliphatic carboxylic acids is 1. The number of nitrogens with zero attached hydrogens (tertiary/aromatic N) is 1. The summed E-state index contributed by atoms with van der Waals surface area (Å²) in [6, 6.07) is 9.76. The van der Waals surface area contributed by atoms with Crippen molar-refractivity contribution in [3.05, 3.63) is 35.9 Å². The number of hydrogen-bond donors (Lipinski definition) is 1. The molecule has 1 aliphatic heterocycles. The van der Waals surface area contributed by atoms with Gasteiger partial charge in [-0.25, -0.2) is 12.7 Å². The monoisotopic (exact) mass is 311 g/mol. The predicted molar refractivity (Wildman–Crippen MR) is 80.5 cm³/mol. The normalized spacial score (nSPS) is 20.3. The molecule has 21 heavy (non-hydrogen) atoms. The molecule has 116 valence electrons. The number of hydrogen-bond acceptors (Lipinski definition) is 3. The Hall–Kier alpha value is -1.40. The summed E-state index contributed by atoms with van der Waals surface area (Å²) in [6.45, 7) is 0.556. The van der Waals surface area contributed by atoms with Gasteiger partial charge >= 0.3 is 5.97 Å². The van der Waals surface area contributed by atoms with E-state index >= 15 is 0 Å². The molecular formula is C15H21NO4S. The Morgan fingerprint density at radius 1 is 1.29 bits per heavy atom. The van der Waals surface area contributed by atoms with Crippen molar-refractivity contribution in [1.29, 1.82) is 0 Å². The number of piperidine rings is 1. The summed E-state index contributed by atoms with van der Waals surface area (Å²) in [4.78, 5) is 11.0. The smallest absolute Gasteiger partial charge is 0.307 e. The largest absolute Gasteiger partial charge is 0.481 e. The molecule has 2 rings (SSSR count). The molecule has 0 bridgehead atoms. The van der Waals surface area contributed by atoms with Crippen LogP contribution in [-0.4, -0.2) is 42.6 Å². The summed E-state index contributed by atoms with van der Waals surface area (Å²) >= 11 is 0. The summed E-state index contributed by atoms with van der Waals surface area (Å²) in [6.07, 6.45) is 2.46. The van der Waals surface area contributed by atoms with E-state index in [9.17, 15) is 13.2 Å². The molecule has 0 unspecified atom stereocenters. The molecule has 5 nitrogen and oxygen atoms in total. The zero-order valence-electron chi connectivity index (χ0n) is 11.9. The molecule has 0 saturated carbocycles. The van der Waals surface area contributed by atoms with Crippen molar-refractivity contribution in [2.24, 2.45) is 5.92 Å². The van der Waals surface area contributed by atoms with Crippen molar-refractivity contribution in [2.75, 3.05) is 18.8 Å². The van der Waals surface area contributed by atoms with Gasteiger partial charge < -0.3 is 5.11 Å². The fourth-order valence-electron chi connectivity index (χ4n) is 2.63. The topological polar surface area (TPSA) is 74.7 Å². The van der Waals surface area contributed by atoms with E-state index in [-0.39, 0.29) is 12.3 Å². The standard InChI is InChI=1S/C15H21NO4S/c17-15(18)14-9-4-10-16(12-14)21(19,20)11-5-8-13-6-2-1-3-7-13/h1-3,6-7,14H,4-5,8-12H2,(H,17,18)/t14-/m1/s1. The van der Waals surface area contributed by atoms with Gasteiger partial charge in [-0.15, -0.1) is 0 Å². The Labute approximate surface area is 125 Å². The van der Waals surface area contributed by atoms with Crippen molar-refractivity contribution in [1.82, 2.24) is 4.31 Å². The minimum atomic E-state index is -3.35. The van der Waals surface area contributed by atoms with Gasteiger partial charge in [0.15, 0.2) is 0 Å². The SMILES string of the molecule is O=C(O)[C@@H]1CCCN(S(=O)(=O)CCCc2ccccc2)C1. The molecule has 1 aromatic carbocycles. The summed E-state index contributed by atoms with van der Waals surface area (Å²) in [5, 5.41) is 9.03. The van der Waals surface area contributed by atoms with Crippen LogP contribution in [0.2, 0.25) is 0 Å². The first-order valence-corrected chi connectivity index (χ1v) is 8.84. The minimum Gasteiger partial charge on any atom is -0.481 e. The van der Waals surface area contributed by atoms with Crippen LogP contribution in [0.3, 0.4) is 0 Å². The Bertz CT molecular complexity index is 571. The van der Waals surface area contributed by atoms with Crippen molar-refractivity contribution in [3.8, 4) is 0 Å². The van der Waals surface area contributed by atoms with Crippen LogP contribution in [0.1, 0.15) is 24.8 Å². The molecule has 1 heterocycles. The van der Waals surface area contributed by atoms with Crippen molar-refractivity contribution < 1.29 is 18.3 Å². The Kier molecular flexibility index (Phi) is 5.36. The molecule has 1 aromatic rings. The van der Waals surface area contributed by atoms with Crippen LogP contribution in [-0.2, 0) is 21.2 Å². The molecule has 1 atom stereocenters. The molecule has 6 heteroatoms. The highest BCUT2D eigenvalue weighted by Gasteiger charge is 2.31. The molecule has 0 aromatic heterocycles. The van der Waals surface area contributed by atoms with Gasteiger partial charge in [0.1, 0.15) is 0 Å². The fourth-order valence-corrected chi connectivity index (χ4v) is 4.21. The third-order valence-corrected chi connectivity index (χ3v) is 5.76. The highest BCUT2D eigenvalue weighted by Crippen LogP contribution is 2.20. The Balaban J connectivity index is 1.88. The average Bonchev–Trinajstić information content (AvgIpc) is 2.48. The second kappa shape index (κ2) is 7.04. The number of rotatable bonds is 6. The first-order chi connectivity index (χ1) is 9.99. The Morgan fingerprint density at radius 2 is 2.00 bits per heavy atom. The van der Waals surface area contributed by atoms with Crippen LogP contribution >= 0.6 is 0 Å². The lowest BCUT2D eigenvalue weighted by Gasteiger charge is -2.29. The van der Waals surface area contributed by atoms with Gasteiger partial charge in [-0.05, 0) is 31.2 Å². The number of carboxylic acids is 1. The van der Waals surface area contributed by atoms with E-state index in [4.69, 9.17) is 5.11 Å². The van der Waals surface area contributed by atoms with Crippen molar-refractivity contribution in [2.45, 2.75) is 25.7 Å². The summed E-state index contributed by atoms with van der Waals surface area (Å²) in [5.41, 5.74) is 1.12. The van der Waals surface area contributed by atoms with Gasteiger partial charge in [-0.3, -0.25) is 4.79 Å². The van der Waals surface area contributed by atoms with Crippen LogP contribution in [0.15, 0.2) is 30.3 Å². The zero-order chi connectivity index (χ0) is 15.3. The van der Waals surface area contributed by atoms with Crippen LogP contribution in [0, 0.1) is 5.92 Å². The molecule has 1 fully saturated rings. The lowest BCUT2D eigenvalue weighted by atomic mass is 10.0. The summed E-state index contributed by atoms with van der Waals surface area (Å²) in [7, 11) is -3.35. The molecular weight excluding hydrogens is 290 g/mol. The summed E-state index contributed by atoms with van der Waals surface area (Å²) in [5.74, 6) is -1.39. The third-order valence-electron chi connectivity index (χ3n) is 3.84.